The van der Waals surface area contributed by atoms with Gasteiger partial charge < -0.3 is 10.2 Å². The number of aliphatic hydroxyl groups is 2. The quantitative estimate of drug-likeness (QED) is 0.677. The molecule has 12 heavy (non-hydrogen) atoms. The van der Waals surface area contributed by atoms with Gasteiger partial charge >= 0.3 is 0 Å². The summed E-state index contributed by atoms with van der Waals surface area (Å²) in [4.78, 5) is 0. The molecule has 0 aromatic rings. The van der Waals surface area contributed by atoms with Gasteiger partial charge in [-0.25, -0.2) is 0 Å². The highest BCUT2D eigenvalue weighted by Crippen LogP contribution is 2.29. The summed E-state index contributed by atoms with van der Waals surface area (Å²) in [6.45, 7) is 1.91. The zero-order chi connectivity index (χ0) is 8.97. The fourth-order valence-electron chi connectivity index (χ4n) is 2.02. The maximum absolute atomic E-state index is 9.53. The third-order valence-electron chi connectivity index (χ3n) is 2.91. The van der Waals surface area contributed by atoms with Gasteiger partial charge in [-0.1, -0.05) is 32.6 Å². The molecule has 2 N–H and O–H groups in total. The summed E-state index contributed by atoms with van der Waals surface area (Å²) in [6.07, 6.45) is 5.56. The molecule has 0 radical (unpaired) electrons. The number of hydrogen-bond donors (Lipinski definition) is 2. The fraction of sp³-hybridized carbons (Fsp3) is 1.00. The molecule has 1 rings (SSSR count). The number of rotatable bonds is 4. The molecule has 1 saturated carbocycles. The number of aliphatic hydroxyl groups excluding tert-OH is 2. The van der Waals surface area contributed by atoms with Crippen molar-refractivity contribution in [2.75, 3.05) is 0 Å². The molecular weight excluding hydrogens is 152 g/mol. The topological polar surface area (TPSA) is 40.5 Å². The normalized spacial score (nSPS) is 24.2. The lowest BCUT2D eigenvalue weighted by Crippen LogP contribution is -2.26. The number of hydrogen-bond acceptors (Lipinski definition) is 2. The highest BCUT2D eigenvalue weighted by atomic mass is 16.3. The lowest BCUT2D eigenvalue weighted by molar-refractivity contribution is 0.00372. The molecule has 2 nitrogen and oxygen atoms in total. The van der Waals surface area contributed by atoms with Gasteiger partial charge in [0, 0.05) is 0 Å². The van der Waals surface area contributed by atoms with Gasteiger partial charge in [0.1, 0.15) is 0 Å². The first-order valence-corrected chi connectivity index (χ1v) is 5.10. The van der Waals surface area contributed by atoms with Crippen LogP contribution in [0.25, 0.3) is 0 Å². The van der Waals surface area contributed by atoms with E-state index in [1.165, 1.54) is 25.7 Å². The summed E-state index contributed by atoms with van der Waals surface area (Å²) in [5, 5.41) is 18.9. The van der Waals surface area contributed by atoms with E-state index in [2.05, 4.69) is 0 Å². The summed E-state index contributed by atoms with van der Waals surface area (Å²) in [7, 11) is 0. The van der Waals surface area contributed by atoms with E-state index in [9.17, 15) is 10.2 Å². The molecule has 1 aliphatic carbocycles. The molecule has 1 fully saturated rings. The maximum atomic E-state index is 9.53. The van der Waals surface area contributed by atoms with Crippen LogP contribution in [0.15, 0.2) is 0 Å². The second kappa shape index (κ2) is 4.83. The van der Waals surface area contributed by atoms with Crippen molar-refractivity contribution in [3.05, 3.63) is 0 Å². The molecule has 1 aliphatic rings. The smallest absolute Gasteiger partial charge is 0.0801 e. The first kappa shape index (κ1) is 10.0. The van der Waals surface area contributed by atoms with Crippen LogP contribution in [-0.2, 0) is 0 Å². The Morgan fingerprint density at radius 3 is 2.25 bits per heavy atom. The Kier molecular flexibility index (Phi) is 4.02. The van der Waals surface area contributed by atoms with E-state index in [0.29, 0.717) is 12.3 Å². The molecule has 0 aliphatic heterocycles. The third-order valence-corrected chi connectivity index (χ3v) is 2.91. The predicted molar refractivity (Wildman–Crippen MR) is 48.9 cm³/mol. The lowest BCUT2D eigenvalue weighted by atomic mass is 9.96. The van der Waals surface area contributed by atoms with Crippen LogP contribution in [0.5, 0.6) is 0 Å². The van der Waals surface area contributed by atoms with E-state index in [0.717, 1.165) is 6.42 Å². The SMILES string of the molecule is CCC(O)C(O)CC1CCCC1. The van der Waals surface area contributed by atoms with Crippen LogP contribution in [0.4, 0.5) is 0 Å². The highest BCUT2D eigenvalue weighted by Gasteiger charge is 2.22. The summed E-state index contributed by atoms with van der Waals surface area (Å²) in [5.74, 6) is 0.668. The van der Waals surface area contributed by atoms with Crippen molar-refractivity contribution in [1.82, 2.24) is 0 Å². The van der Waals surface area contributed by atoms with Crippen molar-refractivity contribution in [2.24, 2.45) is 5.92 Å². The summed E-state index contributed by atoms with van der Waals surface area (Å²) < 4.78 is 0. The monoisotopic (exact) mass is 172 g/mol. The van der Waals surface area contributed by atoms with Crippen LogP contribution in [0.2, 0.25) is 0 Å². The minimum Gasteiger partial charge on any atom is -0.390 e. The molecule has 0 aromatic heterocycles. The fourth-order valence-corrected chi connectivity index (χ4v) is 2.02. The standard InChI is InChI=1S/C10H20O2/c1-2-9(11)10(12)7-8-5-3-4-6-8/h8-12H,2-7H2,1H3. The molecule has 72 valence electrons. The Balaban J connectivity index is 2.19. The van der Waals surface area contributed by atoms with Crippen molar-refractivity contribution < 1.29 is 10.2 Å². The first-order valence-electron chi connectivity index (χ1n) is 5.10. The van der Waals surface area contributed by atoms with Gasteiger partial charge in [0.25, 0.3) is 0 Å². The van der Waals surface area contributed by atoms with Gasteiger partial charge in [-0.2, -0.15) is 0 Å². The Bertz CT molecular complexity index is 119. The zero-order valence-electron chi connectivity index (χ0n) is 7.87. The molecule has 0 bridgehead atoms. The van der Waals surface area contributed by atoms with Crippen LogP contribution >= 0.6 is 0 Å². The summed E-state index contributed by atoms with van der Waals surface area (Å²) >= 11 is 0. The zero-order valence-corrected chi connectivity index (χ0v) is 7.87. The molecule has 2 unspecified atom stereocenters. The molecule has 0 saturated heterocycles. The van der Waals surface area contributed by atoms with Gasteiger partial charge in [-0.15, -0.1) is 0 Å². The van der Waals surface area contributed by atoms with Gasteiger partial charge in [-0.05, 0) is 18.8 Å². The second-order valence-corrected chi connectivity index (χ2v) is 3.93. The average molecular weight is 172 g/mol. The molecule has 2 heteroatoms. The van der Waals surface area contributed by atoms with Crippen LogP contribution in [0.1, 0.15) is 45.4 Å². The summed E-state index contributed by atoms with van der Waals surface area (Å²) in [5.41, 5.74) is 0. The van der Waals surface area contributed by atoms with Gasteiger partial charge in [0.15, 0.2) is 0 Å². The summed E-state index contributed by atoms with van der Waals surface area (Å²) in [6, 6.07) is 0. The minimum absolute atomic E-state index is 0.488. The Morgan fingerprint density at radius 2 is 1.75 bits per heavy atom. The van der Waals surface area contributed by atoms with E-state index >= 15 is 0 Å². The van der Waals surface area contributed by atoms with E-state index in [1.807, 2.05) is 6.92 Å². The molecule has 0 heterocycles. The Hall–Kier alpha value is -0.0800. The minimum atomic E-state index is -0.509. The Morgan fingerprint density at radius 1 is 1.17 bits per heavy atom. The maximum Gasteiger partial charge on any atom is 0.0801 e. The lowest BCUT2D eigenvalue weighted by Gasteiger charge is -2.19. The molecule has 0 amide bonds. The van der Waals surface area contributed by atoms with E-state index < -0.39 is 12.2 Å². The van der Waals surface area contributed by atoms with E-state index in [1.54, 1.807) is 0 Å². The van der Waals surface area contributed by atoms with Gasteiger partial charge in [-0.3, -0.25) is 0 Å². The Labute approximate surface area is 74.6 Å². The van der Waals surface area contributed by atoms with Gasteiger partial charge in [0.05, 0.1) is 12.2 Å². The van der Waals surface area contributed by atoms with E-state index in [4.69, 9.17) is 0 Å². The average Bonchev–Trinajstić information content (AvgIpc) is 2.55. The molecular formula is C10H20O2. The van der Waals surface area contributed by atoms with Crippen LogP contribution in [0, 0.1) is 5.92 Å². The predicted octanol–water partition coefficient (Wildman–Crippen LogP) is 1.70. The van der Waals surface area contributed by atoms with Gasteiger partial charge in [0.2, 0.25) is 0 Å². The molecule has 0 spiro atoms. The van der Waals surface area contributed by atoms with Crippen molar-refractivity contribution in [2.45, 2.75) is 57.7 Å². The van der Waals surface area contributed by atoms with Crippen molar-refractivity contribution in [3.8, 4) is 0 Å². The highest BCUT2D eigenvalue weighted by molar-refractivity contribution is 4.74. The molecule has 2 atom stereocenters. The van der Waals surface area contributed by atoms with Crippen LogP contribution < -0.4 is 0 Å². The first-order chi connectivity index (χ1) is 5.74. The second-order valence-electron chi connectivity index (χ2n) is 3.93. The molecule has 0 aromatic carbocycles. The van der Waals surface area contributed by atoms with Crippen molar-refractivity contribution >= 4 is 0 Å². The largest absolute Gasteiger partial charge is 0.390 e. The van der Waals surface area contributed by atoms with Crippen LogP contribution in [-0.4, -0.2) is 22.4 Å². The van der Waals surface area contributed by atoms with Crippen molar-refractivity contribution in [1.29, 1.82) is 0 Å². The van der Waals surface area contributed by atoms with Crippen molar-refractivity contribution in [3.63, 3.8) is 0 Å². The van der Waals surface area contributed by atoms with E-state index in [-0.39, 0.29) is 0 Å². The third kappa shape index (κ3) is 2.76. The van der Waals surface area contributed by atoms with Crippen LogP contribution in [0.3, 0.4) is 0 Å².